The van der Waals surface area contributed by atoms with Gasteiger partial charge >= 0.3 is 18.9 Å². The Kier molecular flexibility index (Phi) is 10.1. The summed E-state index contributed by atoms with van der Waals surface area (Å²) in [5.41, 5.74) is 2.75. The average Bonchev–Trinajstić information content (AvgIpc) is 3.30. The van der Waals surface area contributed by atoms with Gasteiger partial charge in [-0.2, -0.15) is 15.9 Å². The number of nitriles is 1. The molecule has 3 aromatic rings. The number of aliphatic hydroxyl groups excluding tert-OH is 1. The molecule has 3 aromatic heterocycles. The fourth-order valence-corrected chi connectivity index (χ4v) is 5.32. The Morgan fingerprint density at radius 3 is 2.71 bits per heavy atom. The molecule has 2 N–H and O–H groups in total. The number of allylic oxidation sites excluding steroid dienone is 3. The van der Waals surface area contributed by atoms with E-state index >= 15 is 0 Å². The summed E-state index contributed by atoms with van der Waals surface area (Å²) in [6.45, 7) is 7.33. The summed E-state index contributed by atoms with van der Waals surface area (Å²) in [5, 5.41) is 30.4. The minimum Gasteiger partial charge on any atom is -0.700 e. The van der Waals surface area contributed by atoms with Crippen LogP contribution in [0.25, 0.3) is 16.4 Å². The van der Waals surface area contributed by atoms with Gasteiger partial charge < -0.3 is 15.7 Å². The van der Waals surface area contributed by atoms with E-state index in [1.54, 1.807) is 12.3 Å². The molecule has 3 heterocycles. The number of hydrogen-bond donors (Lipinski definition) is 2. The van der Waals surface area contributed by atoms with Crippen molar-refractivity contribution in [2.45, 2.75) is 54.6 Å². The van der Waals surface area contributed by atoms with Gasteiger partial charge in [0, 0.05) is 23.2 Å². The number of nitrogens with one attached hydrogen (secondary N) is 1. The molecule has 192 valence electrons. The molecule has 1 amide bonds. The SMILES string of the molecule is [CH-]=C/C(=C(/C)[N-]C1CCC(NC(=O)CO)CC1)c1cc(Sc2ncc(F)cc2F)c2c(C#N)cnn2c1.[Li+]. The third kappa shape index (κ3) is 6.64. The third-order valence-corrected chi connectivity index (χ3v) is 7.15. The van der Waals surface area contributed by atoms with Gasteiger partial charge in [0.05, 0.1) is 23.5 Å². The number of hydrogen-bond acceptors (Lipinski definition) is 6. The normalized spacial score (nSPS) is 17.7. The van der Waals surface area contributed by atoms with Crippen molar-refractivity contribution >= 4 is 28.8 Å². The summed E-state index contributed by atoms with van der Waals surface area (Å²) in [6, 6.07) is 4.66. The summed E-state index contributed by atoms with van der Waals surface area (Å²) in [5.74, 6) is -1.98. The predicted octanol–water partition coefficient (Wildman–Crippen LogP) is 1.55. The number of carbonyl (C=O) groups excluding carboxylic acids is 1. The van der Waals surface area contributed by atoms with Crippen molar-refractivity contribution in [3.05, 3.63) is 77.2 Å². The molecular formula is C26H24F2LiN6O2S-. The molecule has 0 spiro atoms. The number of fused-ring (bicyclic) bond motifs is 1. The van der Waals surface area contributed by atoms with Gasteiger partial charge in [0.25, 0.3) is 0 Å². The van der Waals surface area contributed by atoms with Crippen LogP contribution in [0, 0.1) is 29.5 Å². The maximum absolute atomic E-state index is 14.4. The van der Waals surface area contributed by atoms with Crippen LogP contribution >= 0.6 is 11.8 Å². The van der Waals surface area contributed by atoms with Gasteiger partial charge in [-0.3, -0.25) is 11.4 Å². The van der Waals surface area contributed by atoms with Crippen LogP contribution < -0.4 is 24.2 Å². The van der Waals surface area contributed by atoms with E-state index in [1.807, 2.05) is 6.92 Å². The van der Waals surface area contributed by atoms with E-state index in [0.717, 1.165) is 49.7 Å². The number of halogens is 2. The predicted molar refractivity (Wildman–Crippen MR) is 134 cm³/mol. The molecule has 1 aliphatic rings. The Bertz CT molecular complexity index is 1410. The molecule has 0 bridgehead atoms. The summed E-state index contributed by atoms with van der Waals surface area (Å²) in [4.78, 5) is 15.8. The number of carbonyl (C=O) groups is 1. The van der Waals surface area contributed by atoms with Crippen molar-refractivity contribution in [1.29, 1.82) is 5.26 Å². The Balaban J connectivity index is 0.00000400. The topological polar surface area (TPSA) is 117 Å². The van der Waals surface area contributed by atoms with Crippen molar-refractivity contribution in [3.63, 3.8) is 0 Å². The molecule has 12 heteroatoms. The zero-order chi connectivity index (χ0) is 26.5. The van der Waals surface area contributed by atoms with Gasteiger partial charge in [0.2, 0.25) is 5.91 Å². The fraction of sp³-hybridized carbons (Fsp3) is 0.308. The van der Waals surface area contributed by atoms with Crippen LogP contribution in [-0.4, -0.2) is 44.3 Å². The van der Waals surface area contributed by atoms with E-state index in [-0.39, 0.29) is 41.9 Å². The molecule has 0 saturated heterocycles. The van der Waals surface area contributed by atoms with Crippen LogP contribution in [0.3, 0.4) is 0 Å². The van der Waals surface area contributed by atoms with Crippen molar-refractivity contribution in [2.75, 3.05) is 6.61 Å². The van der Waals surface area contributed by atoms with Crippen LogP contribution in [0.15, 0.2) is 52.4 Å². The van der Waals surface area contributed by atoms with Crippen molar-refractivity contribution in [2.24, 2.45) is 0 Å². The first-order valence-electron chi connectivity index (χ1n) is 11.6. The second-order valence-corrected chi connectivity index (χ2v) is 9.66. The first kappa shape index (κ1) is 29.4. The van der Waals surface area contributed by atoms with Crippen molar-refractivity contribution < 1.29 is 37.5 Å². The van der Waals surface area contributed by atoms with Crippen molar-refractivity contribution in [1.82, 2.24) is 19.9 Å². The van der Waals surface area contributed by atoms with E-state index in [0.29, 0.717) is 32.8 Å². The van der Waals surface area contributed by atoms with E-state index in [1.165, 1.54) is 16.8 Å². The van der Waals surface area contributed by atoms with Gasteiger partial charge in [-0.15, -0.1) is 6.04 Å². The number of aromatic nitrogens is 3. The third-order valence-electron chi connectivity index (χ3n) is 6.13. The van der Waals surface area contributed by atoms with Gasteiger partial charge in [-0.05, 0) is 12.8 Å². The number of pyridine rings is 2. The Labute approximate surface area is 235 Å². The first-order valence-corrected chi connectivity index (χ1v) is 12.4. The zero-order valence-electron chi connectivity index (χ0n) is 21.0. The standard InChI is InChI=1S/C26H24F2N6O2S.Li/c1-3-21(15(2)32-19-4-6-20(7-5-19)33-24(36)14-35)16-8-23(25-17(10-29)11-31-34(25)13-16)37-26-22(28)9-18(27)12-30-26;/h1,3,8-9,11-13,19-20,35H,4-7,14H2,2H3,(H,33,36);/q-2;+1/b21-15+;. The van der Waals surface area contributed by atoms with Crippen LogP contribution in [0.1, 0.15) is 43.7 Å². The molecule has 38 heavy (non-hydrogen) atoms. The molecular weight excluding hydrogens is 505 g/mol. The largest absolute Gasteiger partial charge is 1.00 e. The molecule has 1 saturated carbocycles. The molecule has 0 atom stereocenters. The molecule has 0 radical (unpaired) electrons. The van der Waals surface area contributed by atoms with Crippen LogP contribution in [0.5, 0.6) is 0 Å². The fourth-order valence-electron chi connectivity index (χ4n) is 4.36. The van der Waals surface area contributed by atoms with E-state index < -0.39 is 18.2 Å². The van der Waals surface area contributed by atoms with E-state index in [2.05, 4.69) is 21.5 Å². The second-order valence-electron chi connectivity index (χ2n) is 8.62. The van der Waals surface area contributed by atoms with Gasteiger partial charge in [-0.1, -0.05) is 43.2 Å². The van der Waals surface area contributed by atoms with Crippen LogP contribution in [0.4, 0.5) is 8.78 Å². The quantitative estimate of drug-likeness (QED) is 0.260. The molecule has 0 aromatic carbocycles. The molecule has 0 aliphatic heterocycles. The Morgan fingerprint density at radius 2 is 2.08 bits per heavy atom. The number of amides is 1. The minimum absolute atomic E-state index is 0. The summed E-state index contributed by atoms with van der Waals surface area (Å²) in [7, 11) is 0. The second kappa shape index (κ2) is 13.1. The van der Waals surface area contributed by atoms with Gasteiger partial charge in [-0.25, -0.2) is 30.1 Å². The average molecular weight is 530 g/mol. The maximum Gasteiger partial charge on any atom is 1.00 e. The van der Waals surface area contributed by atoms with Crippen molar-refractivity contribution in [3.8, 4) is 6.07 Å². The van der Waals surface area contributed by atoms with Gasteiger partial charge in [0.15, 0.2) is 5.82 Å². The molecule has 1 aliphatic carbocycles. The number of aliphatic hydroxyl groups is 1. The number of nitrogens with zero attached hydrogens (tertiary/aromatic N) is 5. The zero-order valence-corrected chi connectivity index (χ0v) is 21.8. The maximum atomic E-state index is 14.4. The monoisotopic (exact) mass is 529 g/mol. The van der Waals surface area contributed by atoms with E-state index in [4.69, 9.17) is 17.0 Å². The first-order chi connectivity index (χ1) is 17.8. The number of rotatable bonds is 8. The van der Waals surface area contributed by atoms with Crippen LogP contribution in [-0.2, 0) is 4.79 Å². The Hall–Kier alpha value is -3.15. The minimum atomic E-state index is -0.815. The summed E-state index contributed by atoms with van der Waals surface area (Å²) in [6.07, 6.45) is 8.54. The molecule has 4 rings (SSSR count). The Morgan fingerprint density at radius 1 is 1.34 bits per heavy atom. The smallest absolute Gasteiger partial charge is 0.700 e. The summed E-state index contributed by atoms with van der Waals surface area (Å²) >= 11 is 0.958. The van der Waals surface area contributed by atoms with Crippen LogP contribution in [0.2, 0.25) is 0 Å². The summed E-state index contributed by atoms with van der Waals surface area (Å²) < 4.78 is 29.3. The van der Waals surface area contributed by atoms with E-state index in [9.17, 15) is 18.8 Å². The molecule has 0 unspecified atom stereocenters. The molecule has 1 fully saturated rings. The molecule has 8 nitrogen and oxygen atoms in total. The van der Waals surface area contributed by atoms with Gasteiger partial charge in [0.1, 0.15) is 23.5 Å².